The minimum atomic E-state index is -0.272. The maximum atomic E-state index is 11.5. The van der Waals surface area contributed by atoms with Gasteiger partial charge in [0.2, 0.25) is 0 Å². The highest BCUT2D eigenvalue weighted by Crippen LogP contribution is 2.19. The second-order valence-corrected chi connectivity index (χ2v) is 3.87. The van der Waals surface area contributed by atoms with Crippen LogP contribution in [0.4, 0.5) is 5.82 Å². The lowest BCUT2D eigenvalue weighted by Crippen LogP contribution is -2.21. The number of nitrogens with one attached hydrogen (secondary N) is 2. The first kappa shape index (κ1) is 13.0. The number of hydrogen-bond acceptors (Lipinski definition) is 4. The van der Waals surface area contributed by atoms with E-state index in [1.165, 1.54) is 7.11 Å². The van der Waals surface area contributed by atoms with Crippen molar-refractivity contribution in [2.75, 3.05) is 19.5 Å². The molecule has 1 amide bonds. The van der Waals surface area contributed by atoms with E-state index in [2.05, 4.69) is 20.6 Å². The molecule has 0 aliphatic carbocycles. The Balaban J connectivity index is 2.24. The Labute approximate surface area is 111 Å². The first-order chi connectivity index (χ1) is 9.24. The summed E-state index contributed by atoms with van der Waals surface area (Å²) in [6, 6.07) is 12.9. The molecule has 0 aliphatic heterocycles. The first-order valence-corrected chi connectivity index (χ1v) is 5.83. The summed E-state index contributed by atoms with van der Waals surface area (Å²) in [6.07, 6.45) is 0. The summed E-state index contributed by atoms with van der Waals surface area (Å²) in [5, 5.41) is 2.99. The Morgan fingerprint density at radius 3 is 2.53 bits per heavy atom. The number of pyridine rings is 1. The van der Waals surface area contributed by atoms with Gasteiger partial charge < -0.3 is 5.32 Å². The molecule has 2 rings (SSSR count). The smallest absolute Gasteiger partial charge is 0.274 e. The molecule has 2 N–H and O–H groups in total. The molecule has 0 aliphatic rings. The van der Waals surface area contributed by atoms with Crippen molar-refractivity contribution in [1.29, 1.82) is 0 Å². The highest BCUT2D eigenvalue weighted by Gasteiger charge is 2.06. The number of carbonyl (C=O) groups is 1. The summed E-state index contributed by atoms with van der Waals surface area (Å²) in [5.74, 6) is 0.532. The molecule has 0 unspecified atom stereocenters. The van der Waals surface area contributed by atoms with Gasteiger partial charge in [-0.05, 0) is 24.3 Å². The van der Waals surface area contributed by atoms with Gasteiger partial charge in [-0.25, -0.2) is 10.5 Å². The Hall–Kier alpha value is -2.40. The molecule has 1 aromatic heterocycles. The molecule has 0 radical (unpaired) electrons. The minimum absolute atomic E-state index is 0.272. The van der Waals surface area contributed by atoms with Crippen molar-refractivity contribution in [3.63, 3.8) is 0 Å². The molecule has 98 valence electrons. The van der Waals surface area contributed by atoms with Crippen molar-refractivity contribution in [2.45, 2.75) is 0 Å². The van der Waals surface area contributed by atoms with Gasteiger partial charge in [-0.1, -0.05) is 18.2 Å². The zero-order valence-corrected chi connectivity index (χ0v) is 10.8. The summed E-state index contributed by atoms with van der Waals surface area (Å²) in [5.41, 5.74) is 4.61. The number of nitrogens with zero attached hydrogens (tertiary/aromatic N) is 1. The van der Waals surface area contributed by atoms with Crippen molar-refractivity contribution in [1.82, 2.24) is 10.5 Å². The van der Waals surface area contributed by atoms with Gasteiger partial charge in [-0.2, -0.15) is 0 Å². The fourth-order valence-electron chi connectivity index (χ4n) is 1.68. The maximum absolute atomic E-state index is 11.5. The van der Waals surface area contributed by atoms with Gasteiger partial charge in [-0.3, -0.25) is 9.63 Å². The largest absolute Gasteiger partial charge is 0.373 e. The second-order valence-electron chi connectivity index (χ2n) is 3.87. The van der Waals surface area contributed by atoms with E-state index < -0.39 is 0 Å². The topological polar surface area (TPSA) is 63.2 Å². The average Bonchev–Trinajstić information content (AvgIpc) is 2.48. The van der Waals surface area contributed by atoms with Crippen molar-refractivity contribution in [2.24, 2.45) is 0 Å². The Bertz CT molecular complexity index is 567. The zero-order chi connectivity index (χ0) is 13.7. The molecule has 2 aromatic rings. The van der Waals surface area contributed by atoms with E-state index in [1.807, 2.05) is 37.4 Å². The fraction of sp³-hybridized carbons (Fsp3) is 0.143. The SMILES string of the molecule is CNc1cccc(-c2ccc(C(=O)NOC)cc2)n1. The van der Waals surface area contributed by atoms with Crippen LogP contribution in [0.3, 0.4) is 0 Å². The van der Waals surface area contributed by atoms with Crippen LogP contribution < -0.4 is 10.8 Å². The van der Waals surface area contributed by atoms with E-state index in [-0.39, 0.29) is 5.91 Å². The standard InChI is InChI=1S/C14H15N3O2/c1-15-13-5-3-4-12(16-13)10-6-8-11(9-7-10)14(18)17-19-2/h3-9H,1-2H3,(H,15,16)(H,17,18). The van der Waals surface area contributed by atoms with Crippen LogP contribution in [0.25, 0.3) is 11.3 Å². The summed E-state index contributed by atoms with van der Waals surface area (Å²) >= 11 is 0. The third-order valence-corrected chi connectivity index (χ3v) is 2.64. The number of anilines is 1. The second kappa shape index (κ2) is 5.97. The highest BCUT2D eigenvalue weighted by molar-refractivity contribution is 5.93. The van der Waals surface area contributed by atoms with Crippen LogP contribution in [0.15, 0.2) is 42.5 Å². The van der Waals surface area contributed by atoms with Crippen LogP contribution in [-0.2, 0) is 4.84 Å². The molecule has 1 aromatic carbocycles. The average molecular weight is 257 g/mol. The van der Waals surface area contributed by atoms with E-state index >= 15 is 0 Å². The Morgan fingerprint density at radius 1 is 1.16 bits per heavy atom. The summed E-state index contributed by atoms with van der Waals surface area (Å²) < 4.78 is 0. The molecule has 0 atom stereocenters. The fourth-order valence-corrected chi connectivity index (χ4v) is 1.68. The quantitative estimate of drug-likeness (QED) is 0.823. The van der Waals surface area contributed by atoms with Crippen LogP contribution in [0.2, 0.25) is 0 Å². The predicted octanol–water partition coefficient (Wildman–Crippen LogP) is 2.08. The molecular weight excluding hydrogens is 242 g/mol. The van der Waals surface area contributed by atoms with E-state index in [9.17, 15) is 4.79 Å². The molecule has 0 bridgehead atoms. The van der Waals surface area contributed by atoms with E-state index in [4.69, 9.17) is 0 Å². The summed E-state index contributed by atoms with van der Waals surface area (Å²) in [4.78, 5) is 20.6. The maximum Gasteiger partial charge on any atom is 0.274 e. The lowest BCUT2D eigenvalue weighted by molar-refractivity contribution is 0.0537. The number of hydroxylamine groups is 1. The lowest BCUT2D eigenvalue weighted by Gasteiger charge is -2.05. The van der Waals surface area contributed by atoms with Crippen molar-refractivity contribution in [3.05, 3.63) is 48.0 Å². The Kier molecular flexibility index (Phi) is 4.10. The number of amides is 1. The summed E-state index contributed by atoms with van der Waals surface area (Å²) in [6.45, 7) is 0. The van der Waals surface area contributed by atoms with Crippen molar-refractivity contribution >= 4 is 11.7 Å². The van der Waals surface area contributed by atoms with Crippen molar-refractivity contribution < 1.29 is 9.63 Å². The van der Waals surface area contributed by atoms with E-state index in [0.717, 1.165) is 17.1 Å². The molecular formula is C14H15N3O2. The van der Waals surface area contributed by atoms with Gasteiger partial charge in [-0.15, -0.1) is 0 Å². The first-order valence-electron chi connectivity index (χ1n) is 5.83. The summed E-state index contributed by atoms with van der Waals surface area (Å²) in [7, 11) is 3.23. The molecule has 0 saturated heterocycles. The highest BCUT2D eigenvalue weighted by atomic mass is 16.6. The Morgan fingerprint density at radius 2 is 1.89 bits per heavy atom. The molecule has 19 heavy (non-hydrogen) atoms. The minimum Gasteiger partial charge on any atom is -0.373 e. The number of aromatic nitrogens is 1. The third kappa shape index (κ3) is 3.08. The van der Waals surface area contributed by atoms with Crippen LogP contribution in [-0.4, -0.2) is 25.0 Å². The third-order valence-electron chi connectivity index (χ3n) is 2.64. The van der Waals surface area contributed by atoms with Gasteiger partial charge in [0.25, 0.3) is 5.91 Å². The molecule has 5 heteroatoms. The molecule has 0 spiro atoms. The van der Waals surface area contributed by atoms with Crippen LogP contribution in [0, 0.1) is 0 Å². The van der Waals surface area contributed by atoms with Crippen molar-refractivity contribution in [3.8, 4) is 11.3 Å². The van der Waals surface area contributed by atoms with Crippen LogP contribution >= 0.6 is 0 Å². The number of benzene rings is 1. The van der Waals surface area contributed by atoms with E-state index in [0.29, 0.717) is 5.56 Å². The monoisotopic (exact) mass is 257 g/mol. The number of rotatable bonds is 4. The molecule has 5 nitrogen and oxygen atoms in total. The van der Waals surface area contributed by atoms with Crippen LogP contribution in [0.5, 0.6) is 0 Å². The predicted molar refractivity (Wildman–Crippen MR) is 73.7 cm³/mol. The van der Waals surface area contributed by atoms with Gasteiger partial charge in [0, 0.05) is 18.2 Å². The normalized spacial score (nSPS) is 10.0. The molecule has 0 fully saturated rings. The van der Waals surface area contributed by atoms with Gasteiger partial charge in [0.15, 0.2) is 0 Å². The van der Waals surface area contributed by atoms with Gasteiger partial charge in [0.1, 0.15) is 5.82 Å². The lowest BCUT2D eigenvalue weighted by atomic mass is 10.1. The number of carbonyl (C=O) groups excluding carboxylic acids is 1. The number of hydrogen-bond donors (Lipinski definition) is 2. The van der Waals surface area contributed by atoms with Gasteiger partial charge >= 0.3 is 0 Å². The zero-order valence-electron chi connectivity index (χ0n) is 10.8. The molecule has 1 heterocycles. The van der Waals surface area contributed by atoms with Crippen LogP contribution in [0.1, 0.15) is 10.4 Å². The van der Waals surface area contributed by atoms with Gasteiger partial charge in [0.05, 0.1) is 12.8 Å². The van der Waals surface area contributed by atoms with E-state index in [1.54, 1.807) is 12.1 Å². The molecule has 0 saturated carbocycles.